The van der Waals surface area contributed by atoms with Crippen molar-refractivity contribution < 1.29 is 13.9 Å². The fourth-order valence-electron chi connectivity index (χ4n) is 3.30. The predicted octanol–water partition coefficient (Wildman–Crippen LogP) is 3.59. The van der Waals surface area contributed by atoms with Gasteiger partial charge in [0, 0.05) is 24.4 Å². The fraction of sp³-hybridized carbons (Fsp3) is 0.647. The van der Waals surface area contributed by atoms with Gasteiger partial charge < -0.3 is 14.8 Å². The maximum atomic E-state index is 13.5. The summed E-state index contributed by atoms with van der Waals surface area (Å²) in [5.41, 5.74) is 0.948. The minimum atomic E-state index is -0.220. The fourth-order valence-corrected chi connectivity index (χ4v) is 3.30. The van der Waals surface area contributed by atoms with Crippen LogP contribution in [0.25, 0.3) is 0 Å². The Bertz CT molecular complexity index is 502. The Morgan fingerprint density at radius 2 is 2.24 bits per heavy atom. The van der Waals surface area contributed by atoms with Gasteiger partial charge in [-0.15, -0.1) is 0 Å². The Labute approximate surface area is 125 Å². The number of rotatable bonds is 4. The number of benzene rings is 1. The molecule has 1 spiro atoms. The summed E-state index contributed by atoms with van der Waals surface area (Å²) in [5, 5.41) is 3.15. The van der Waals surface area contributed by atoms with Gasteiger partial charge in [-0.25, -0.2) is 4.39 Å². The quantitative estimate of drug-likeness (QED) is 0.920. The molecule has 1 heterocycles. The highest BCUT2D eigenvalue weighted by Crippen LogP contribution is 2.43. The van der Waals surface area contributed by atoms with Crippen molar-refractivity contribution >= 4 is 0 Å². The first-order valence-electron chi connectivity index (χ1n) is 7.89. The molecule has 0 amide bonds. The van der Waals surface area contributed by atoms with Gasteiger partial charge in [-0.3, -0.25) is 0 Å². The summed E-state index contributed by atoms with van der Waals surface area (Å²) in [6.07, 6.45) is 5.59. The van der Waals surface area contributed by atoms with Crippen LogP contribution in [0.1, 0.15) is 50.6 Å². The van der Waals surface area contributed by atoms with E-state index >= 15 is 0 Å². The van der Waals surface area contributed by atoms with Crippen molar-refractivity contribution in [3.8, 4) is 5.75 Å². The van der Waals surface area contributed by atoms with E-state index in [-0.39, 0.29) is 23.6 Å². The third kappa shape index (κ3) is 3.06. The monoisotopic (exact) mass is 293 g/mol. The van der Waals surface area contributed by atoms with E-state index < -0.39 is 0 Å². The Morgan fingerprint density at radius 1 is 1.43 bits per heavy atom. The highest BCUT2D eigenvalue weighted by Gasteiger charge is 2.43. The number of hydrogen-bond donors (Lipinski definition) is 1. The van der Waals surface area contributed by atoms with Gasteiger partial charge in [-0.05, 0) is 51.4 Å². The summed E-state index contributed by atoms with van der Waals surface area (Å²) < 4.78 is 25.6. The lowest BCUT2D eigenvalue weighted by Gasteiger charge is -2.47. The highest BCUT2D eigenvalue weighted by atomic mass is 19.1. The molecule has 3 nitrogen and oxygen atoms in total. The summed E-state index contributed by atoms with van der Waals surface area (Å²) in [5.74, 6) is 0.571. The van der Waals surface area contributed by atoms with Crippen LogP contribution in [0.3, 0.4) is 0 Å². The largest absolute Gasteiger partial charge is 0.490 e. The van der Waals surface area contributed by atoms with E-state index in [1.54, 1.807) is 12.1 Å². The van der Waals surface area contributed by atoms with Crippen molar-refractivity contribution in [1.29, 1.82) is 0 Å². The molecule has 0 aromatic heterocycles. The van der Waals surface area contributed by atoms with Gasteiger partial charge in [0.05, 0.1) is 12.2 Å². The molecule has 21 heavy (non-hydrogen) atoms. The SMILES string of the molecule is CNC(C)c1cc(F)ccc1OC1CCOC2(CCC2)C1. The molecule has 2 atom stereocenters. The zero-order valence-electron chi connectivity index (χ0n) is 12.8. The highest BCUT2D eigenvalue weighted by molar-refractivity contribution is 5.36. The molecule has 1 aliphatic carbocycles. The molecule has 1 aromatic carbocycles. The molecule has 2 aliphatic rings. The number of ether oxygens (including phenoxy) is 2. The topological polar surface area (TPSA) is 30.5 Å². The molecule has 1 saturated heterocycles. The van der Waals surface area contributed by atoms with Gasteiger partial charge in [0.1, 0.15) is 17.7 Å². The standard InChI is InChI=1S/C17H24FNO2/c1-12(19-2)15-10-13(18)4-5-16(15)21-14-6-9-20-17(11-14)7-3-8-17/h4-5,10,12,14,19H,3,6-9,11H2,1-2H3. The maximum absolute atomic E-state index is 13.5. The number of hydrogen-bond acceptors (Lipinski definition) is 3. The van der Waals surface area contributed by atoms with Crippen LogP contribution in [0.15, 0.2) is 18.2 Å². The molecule has 1 aromatic rings. The molecule has 2 unspecified atom stereocenters. The third-order valence-electron chi connectivity index (χ3n) is 4.88. The normalized spacial score (nSPS) is 25.4. The van der Waals surface area contributed by atoms with Gasteiger partial charge in [0.15, 0.2) is 0 Å². The van der Waals surface area contributed by atoms with Crippen molar-refractivity contribution in [2.24, 2.45) is 0 Å². The van der Waals surface area contributed by atoms with Crippen LogP contribution < -0.4 is 10.1 Å². The van der Waals surface area contributed by atoms with E-state index in [0.717, 1.165) is 43.6 Å². The lowest BCUT2D eigenvalue weighted by atomic mass is 9.74. The van der Waals surface area contributed by atoms with Gasteiger partial charge >= 0.3 is 0 Å². The molecular weight excluding hydrogens is 269 g/mol. The first-order chi connectivity index (χ1) is 10.1. The van der Waals surface area contributed by atoms with E-state index in [1.165, 1.54) is 12.5 Å². The van der Waals surface area contributed by atoms with Crippen molar-refractivity contribution in [2.75, 3.05) is 13.7 Å². The van der Waals surface area contributed by atoms with Crippen molar-refractivity contribution in [3.63, 3.8) is 0 Å². The lowest BCUT2D eigenvalue weighted by Crippen LogP contribution is -2.48. The first kappa shape index (κ1) is 14.8. The van der Waals surface area contributed by atoms with Crippen molar-refractivity contribution in [3.05, 3.63) is 29.6 Å². The Hall–Kier alpha value is -1.13. The molecule has 3 rings (SSSR count). The summed E-state index contributed by atoms with van der Waals surface area (Å²) in [6, 6.07) is 4.85. The lowest BCUT2D eigenvalue weighted by molar-refractivity contribution is -0.153. The van der Waals surface area contributed by atoms with Crippen LogP contribution >= 0.6 is 0 Å². The maximum Gasteiger partial charge on any atom is 0.124 e. The van der Waals surface area contributed by atoms with Crippen LogP contribution in [0.2, 0.25) is 0 Å². The van der Waals surface area contributed by atoms with Gasteiger partial charge in [0.2, 0.25) is 0 Å². The van der Waals surface area contributed by atoms with E-state index in [9.17, 15) is 4.39 Å². The molecular formula is C17H24FNO2. The van der Waals surface area contributed by atoms with Crippen molar-refractivity contribution in [1.82, 2.24) is 5.32 Å². The second-order valence-electron chi connectivity index (χ2n) is 6.31. The molecule has 2 fully saturated rings. The van der Waals surface area contributed by atoms with E-state index in [0.29, 0.717) is 0 Å². The summed E-state index contributed by atoms with van der Waals surface area (Å²) in [4.78, 5) is 0. The van der Waals surface area contributed by atoms with E-state index in [4.69, 9.17) is 9.47 Å². The van der Waals surface area contributed by atoms with Crippen molar-refractivity contribution in [2.45, 2.75) is 56.8 Å². The molecule has 1 saturated carbocycles. The Balaban J connectivity index is 1.74. The van der Waals surface area contributed by atoms with Crippen LogP contribution in [-0.2, 0) is 4.74 Å². The van der Waals surface area contributed by atoms with Gasteiger partial charge in [-0.2, -0.15) is 0 Å². The second-order valence-corrected chi connectivity index (χ2v) is 6.31. The molecule has 116 valence electrons. The third-order valence-corrected chi connectivity index (χ3v) is 4.88. The summed E-state index contributed by atoms with van der Waals surface area (Å²) in [6.45, 7) is 2.78. The minimum Gasteiger partial charge on any atom is -0.490 e. The Kier molecular flexibility index (Phi) is 4.18. The first-order valence-corrected chi connectivity index (χ1v) is 7.89. The summed E-state index contributed by atoms with van der Waals surface area (Å²) in [7, 11) is 1.87. The zero-order valence-corrected chi connectivity index (χ0v) is 12.8. The molecule has 4 heteroatoms. The van der Waals surface area contributed by atoms with Crippen LogP contribution in [0.5, 0.6) is 5.75 Å². The average Bonchev–Trinajstić information content (AvgIpc) is 2.47. The predicted molar refractivity (Wildman–Crippen MR) is 80.1 cm³/mol. The van der Waals surface area contributed by atoms with E-state index in [1.807, 2.05) is 14.0 Å². The molecule has 1 aliphatic heterocycles. The zero-order chi connectivity index (χ0) is 14.9. The van der Waals surface area contributed by atoms with Crippen LogP contribution in [0, 0.1) is 5.82 Å². The van der Waals surface area contributed by atoms with Gasteiger partial charge in [-0.1, -0.05) is 0 Å². The number of halogens is 1. The Morgan fingerprint density at radius 3 is 2.90 bits per heavy atom. The van der Waals surface area contributed by atoms with Gasteiger partial charge in [0.25, 0.3) is 0 Å². The molecule has 0 radical (unpaired) electrons. The molecule has 0 bridgehead atoms. The minimum absolute atomic E-state index is 0.0632. The average molecular weight is 293 g/mol. The number of nitrogens with one attached hydrogen (secondary N) is 1. The van der Waals surface area contributed by atoms with Crippen LogP contribution in [0.4, 0.5) is 4.39 Å². The van der Waals surface area contributed by atoms with Crippen LogP contribution in [-0.4, -0.2) is 25.4 Å². The molecule has 1 N–H and O–H groups in total. The van der Waals surface area contributed by atoms with E-state index in [2.05, 4.69) is 5.32 Å². The summed E-state index contributed by atoms with van der Waals surface area (Å²) >= 11 is 0. The second kappa shape index (κ2) is 5.93. The smallest absolute Gasteiger partial charge is 0.124 e.